The molecular weight excluding hydrogens is 304 g/mol. The van der Waals surface area contributed by atoms with E-state index in [-0.39, 0.29) is 11.8 Å². The average molecular weight is 324 g/mol. The van der Waals surface area contributed by atoms with Crippen LogP contribution in [0.1, 0.15) is 34.6 Å². The zero-order valence-corrected chi connectivity index (χ0v) is 13.9. The summed E-state index contributed by atoms with van der Waals surface area (Å²) < 4.78 is 0. The fourth-order valence-electron chi connectivity index (χ4n) is 4.03. The molecule has 1 fully saturated rings. The molecule has 24 heavy (non-hydrogen) atoms. The lowest BCUT2D eigenvalue weighted by Crippen LogP contribution is -2.53. The molecule has 0 radical (unpaired) electrons. The van der Waals surface area contributed by atoms with Crippen LogP contribution in [0.15, 0.2) is 30.3 Å². The molecular formula is C18H20N4O2. The first-order valence-corrected chi connectivity index (χ1v) is 8.22. The van der Waals surface area contributed by atoms with Crippen LogP contribution in [0, 0.1) is 6.92 Å². The Kier molecular flexibility index (Phi) is 3.23. The number of hydrogen-bond donors (Lipinski definition) is 1. The molecule has 1 spiro atoms. The number of fused-ring (bicyclic) bond motifs is 2. The molecule has 0 unspecified atom stereocenters. The Morgan fingerprint density at radius 1 is 1.33 bits per heavy atom. The van der Waals surface area contributed by atoms with Gasteiger partial charge in [-0.15, -0.1) is 0 Å². The van der Waals surface area contributed by atoms with Gasteiger partial charge in [-0.1, -0.05) is 18.2 Å². The number of nitrogens with one attached hydrogen (secondary N) is 1. The number of para-hydroxylation sites is 1. The van der Waals surface area contributed by atoms with E-state index in [1.807, 2.05) is 38.2 Å². The van der Waals surface area contributed by atoms with Gasteiger partial charge in [0.1, 0.15) is 5.69 Å². The van der Waals surface area contributed by atoms with Crippen LogP contribution in [-0.4, -0.2) is 47.0 Å². The van der Waals surface area contributed by atoms with Gasteiger partial charge in [0.2, 0.25) is 5.91 Å². The maximum absolute atomic E-state index is 13.0. The Hall–Kier alpha value is -2.63. The highest BCUT2D eigenvalue weighted by atomic mass is 16.2. The van der Waals surface area contributed by atoms with Gasteiger partial charge in [-0.2, -0.15) is 5.10 Å². The van der Waals surface area contributed by atoms with E-state index < -0.39 is 5.41 Å². The number of aryl methyl sites for hydroxylation is 1. The van der Waals surface area contributed by atoms with Gasteiger partial charge in [0.05, 0.1) is 5.41 Å². The highest BCUT2D eigenvalue weighted by Crippen LogP contribution is 2.46. The van der Waals surface area contributed by atoms with Gasteiger partial charge in [-0.05, 0) is 37.5 Å². The van der Waals surface area contributed by atoms with Crippen LogP contribution in [0.4, 0.5) is 5.69 Å². The summed E-state index contributed by atoms with van der Waals surface area (Å²) in [5.41, 5.74) is 2.63. The summed E-state index contributed by atoms with van der Waals surface area (Å²) >= 11 is 0. The van der Waals surface area contributed by atoms with Gasteiger partial charge in [0.25, 0.3) is 5.91 Å². The third-order valence-electron chi connectivity index (χ3n) is 5.20. The molecule has 3 heterocycles. The molecule has 2 aromatic rings. The number of aromatic amines is 1. The lowest BCUT2D eigenvalue weighted by Gasteiger charge is -2.39. The topological polar surface area (TPSA) is 69.3 Å². The molecule has 6 nitrogen and oxygen atoms in total. The molecule has 1 aromatic carbocycles. The minimum absolute atomic E-state index is 0.0828. The highest BCUT2D eigenvalue weighted by Gasteiger charge is 2.52. The maximum atomic E-state index is 13.0. The van der Waals surface area contributed by atoms with Crippen molar-refractivity contribution in [2.75, 3.05) is 25.0 Å². The smallest absolute Gasteiger partial charge is 0.274 e. The predicted octanol–water partition coefficient (Wildman–Crippen LogP) is 1.87. The summed E-state index contributed by atoms with van der Waals surface area (Å²) in [4.78, 5) is 29.3. The van der Waals surface area contributed by atoms with Gasteiger partial charge in [0, 0.05) is 31.5 Å². The van der Waals surface area contributed by atoms with Gasteiger partial charge >= 0.3 is 0 Å². The number of nitrogens with zero attached hydrogens (tertiary/aromatic N) is 3. The van der Waals surface area contributed by atoms with Crippen molar-refractivity contribution in [2.45, 2.75) is 25.2 Å². The van der Waals surface area contributed by atoms with E-state index in [4.69, 9.17) is 0 Å². The Morgan fingerprint density at radius 3 is 2.88 bits per heavy atom. The van der Waals surface area contributed by atoms with Crippen molar-refractivity contribution in [1.82, 2.24) is 15.1 Å². The number of likely N-dealkylation sites (N-methyl/N-ethyl adjacent to an activating group) is 1. The van der Waals surface area contributed by atoms with Crippen LogP contribution < -0.4 is 4.90 Å². The SMILES string of the molecule is Cc1cc(C(=O)N2CCC[C@]3(C2)C(=O)N(C)c2ccccc23)n[nH]1. The number of hydrogen-bond acceptors (Lipinski definition) is 3. The first-order chi connectivity index (χ1) is 11.5. The molecule has 124 valence electrons. The van der Waals surface area contributed by atoms with Crippen LogP contribution in [0.3, 0.4) is 0 Å². The summed E-state index contributed by atoms with van der Waals surface area (Å²) in [5.74, 6) is -0.0299. The monoisotopic (exact) mass is 324 g/mol. The first kappa shape index (κ1) is 14.9. The van der Waals surface area contributed by atoms with Crippen molar-refractivity contribution in [3.63, 3.8) is 0 Å². The fraction of sp³-hybridized carbons (Fsp3) is 0.389. The van der Waals surface area contributed by atoms with E-state index in [0.717, 1.165) is 29.8 Å². The maximum Gasteiger partial charge on any atom is 0.274 e. The largest absolute Gasteiger partial charge is 0.336 e. The number of amides is 2. The Balaban J connectivity index is 1.70. The summed E-state index contributed by atoms with van der Waals surface area (Å²) in [6, 6.07) is 9.65. The highest BCUT2D eigenvalue weighted by molar-refractivity contribution is 6.08. The van der Waals surface area contributed by atoms with Crippen LogP contribution >= 0.6 is 0 Å². The molecule has 0 aliphatic carbocycles. The second-order valence-corrected chi connectivity index (χ2v) is 6.73. The number of aromatic nitrogens is 2. The van der Waals surface area contributed by atoms with E-state index in [9.17, 15) is 9.59 Å². The normalized spacial score (nSPS) is 23.0. The van der Waals surface area contributed by atoms with Crippen LogP contribution in [0.5, 0.6) is 0 Å². The molecule has 0 bridgehead atoms. The van der Waals surface area contributed by atoms with E-state index in [0.29, 0.717) is 18.8 Å². The molecule has 1 aromatic heterocycles. The molecule has 2 amide bonds. The van der Waals surface area contributed by atoms with Crippen molar-refractivity contribution < 1.29 is 9.59 Å². The number of likely N-dealkylation sites (tertiary alicyclic amines) is 1. The molecule has 1 N–H and O–H groups in total. The summed E-state index contributed by atoms with van der Waals surface area (Å²) in [6.45, 7) is 2.94. The molecule has 1 saturated heterocycles. The van der Waals surface area contributed by atoms with Crippen molar-refractivity contribution in [1.29, 1.82) is 0 Å². The van der Waals surface area contributed by atoms with Gasteiger partial charge < -0.3 is 9.80 Å². The Bertz CT molecular complexity index is 828. The lowest BCUT2D eigenvalue weighted by molar-refractivity contribution is -0.124. The zero-order chi connectivity index (χ0) is 16.9. The van der Waals surface area contributed by atoms with Gasteiger partial charge in [0.15, 0.2) is 0 Å². The Labute approximate surface area is 140 Å². The van der Waals surface area contributed by atoms with Crippen molar-refractivity contribution in [3.8, 4) is 0 Å². The van der Waals surface area contributed by atoms with Crippen molar-refractivity contribution in [3.05, 3.63) is 47.3 Å². The number of H-pyrrole nitrogens is 1. The van der Waals surface area contributed by atoms with E-state index in [1.54, 1.807) is 15.9 Å². The summed E-state index contributed by atoms with van der Waals surface area (Å²) in [5, 5.41) is 6.88. The molecule has 1 atom stereocenters. The second-order valence-electron chi connectivity index (χ2n) is 6.73. The summed E-state index contributed by atoms with van der Waals surface area (Å²) in [6.07, 6.45) is 1.58. The molecule has 4 rings (SSSR count). The number of carbonyl (C=O) groups is 2. The van der Waals surface area contributed by atoms with Crippen molar-refractivity contribution in [2.24, 2.45) is 0 Å². The lowest BCUT2D eigenvalue weighted by atomic mass is 9.75. The molecule has 2 aliphatic heterocycles. The summed E-state index contributed by atoms with van der Waals surface area (Å²) in [7, 11) is 1.81. The van der Waals surface area contributed by atoms with Crippen LogP contribution in [0.25, 0.3) is 0 Å². The first-order valence-electron chi connectivity index (χ1n) is 8.22. The standard InChI is InChI=1S/C18H20N4O2/c1-12-10-14(20-19-12)16(23)22-9-5-8-18(11-22)13-6-3-4-7-15(13)21(2)17(18)24/h3-4,6-7,10H,5,8-9,11H2,1-2H3,(H,19,20)/t18-/m1/s1. The van der Waals surface area contributed by atoms with E-state index in [1.165, 1.54) is 0 Å². The number of piperidine rings is 1. The minimum atomic E-state index is -0.620. The molecule has 0 saturated carbocycles. The Morgan fingerprint density at radius 2 is 2.12 bits per heavy atom. The van der Waals surface area contributed by atoms with E-state index in [2.05, 4.69) is 10.2 Å². The van der Waals surface area contributed by atoms with Crippen LogP contribution in [0.2, 0.25) is 0 Å². The van der Waals surface area contributed by atoms with Gasteiger partial charge in [-0.3, -0.25) is 14.7 Å². The van der Waals surface area contributed by atoms with Crippen LogP contribution in [-0.2, 0) is 10.2 Å². The predicted molar refractivity (Wildman–Crippen MR) is 90.0 cm³/mol. The quantitative estimate of drug-likeness (QED) is 0.870. The molecule has 6 heteroatoms. The fourth-order valence-corrected chi connectivity index (χ4v) is 4.03. The third kappa shape index (κ3) is 1.99. The number of anilines is 1. The molecule has 2 aliphatic rings. The van der Waals surface area contributed by atoms with E-state index >= 15 is 0 Å². The van der Waals surface area contributed by atoms with Crippen molar-refractivity contribution >= 4 is 17.5 Å². The second kappa shape index (κ2) is 5.19. The number of benzene rings is 1. The average Bonchev–Trinajstić information content (AvgIpc) is 3.12. The number of carbonyl (C=O) groups excluding carboxylic acids is 2. The number of rotatable bonds is 1. The zero-order valence-electron chi connectivity index (χ0n) is 13.9. The minimum Gasteiger partial charge on any atom is -0.336 e. The third-order valence-corrected chi connectivity index (χ3v) is 5.20. The van der Waals surface area contributed by atoms with Gasteiger partial charge in [-0.25, -0.2) is 0 Å².